The van der Waals surface area contributed by atoms with E-state index in [4.69, 9.17) is 5.73 Å². The number of carbonyl (C=O) groups is 1. The average Bonchev–Trinajstić information content (AvgIpc) is 3.23. The molecule has 0 bridgehead atoms. The van der Waals surface area contributed by atoms with E-state index in [9.17, 15) is 4.79 Å². The van der Waals surface area contributed by atoms with Gasteiger partial charge in [-0.1, -0.05) is 18.2 Å². The van der Waals surface area contributed by atoms with E-state index < -0.39 is 0 Å². The number of anilines is 1. The first-order chi connectivity index (χ1) is 11.6. The molecule has 0 saturated heterocycles. The number of nitrogen functional groups attached to an aromatic ring is 1. The number of rotatable bonds is 3. The molecule has 2 N–H and O–H groups in total. The van der Waals surface area contributed by atoms with Gasteiger partial charge in [0.15, 0.2) is 5.65 Å². The lowest BCUT2D eigenvalue weighted by Gasteiger charge is -2.07. The van der Waals surface area contributed by atoms with E-state index in [0.29, 0.717) is 21.8 Å². The Bertz CT molecular complexity index is 1050. The first-order valence-electron chi connectivity index (χ1n) is 7.43. The van der Waals surface area contributed by atoms with Crippen LogP contribution in [0.5, 0.6) is 0 Å². The highest BCUT2D eigenvalue weighted by molar-refractivity contribution is 7.12. The Labute approximate surface area is 142 Å². The number of hydrogen-bond donors (Lipinski definition) is 1. The number of nitrogens with two attached hydrogens (primary N) is 1. The Hall–Kier alpha value is -2.99. The van der Waals surface area contributed by atoms with Crippen molar-refractivity contribution in [3.05, 3.63) is 70.2 Å². The largest absolute Gasteiger partial charge is 0.399 e. The Morgan fingerprint density at radius 1 is 1.21 bits per heavy atom. The molecule has 0 radical (unpaired) electrons. The molecule has 24 heavy (non-hydrogen) atoms. The maximum Gasteiger partial charge on any atom is 0.208 e. The van der Waals surface area contributed by atoms with Gasteiger partial charge < -0.3 is 5.73 Å². The normalized spacial score (nSPS) is 11.0. The van der Waals surface area contributed by atoms with Crippen LogP contribution in [0.3, 0.4) is 0 Å². The predicted molar refractivity (Wildman–Crippen MR) is 95.3 cm³/mol. The fraction of sp³-hybridized carbons (Fsp3) is 0.0556. The second kappa shape index (κ2) is 5.58. The number of nitrogens with zero attached hydrogens (tertiary/aromatic N) is 3. The SMILES string of the molecule is Cc1cc(-c2cccc(N)c2)n2ncc(C(=O)c3cccs3)c2n1. The van der Waals surface area contributed by atoms with E-state index in [1.165, 1.54) is 11.3 Å². The lowest BCUT2D eigenvalue weighted by atomic mass is 10.1. The summed E-state index contributed by atoms with van der Waals surface area (Å²) in [6.07, 6.45) is 1.58. The zero-order chi connectivity index (χ0) is 16.7. The second-order valence-electron chi connectivity index (χ2n) is 5.51. The highest BCUT2D eigenvalue weighted by Gasteiger charge is 2.19. The molecule has 118 valence electrons. The summed E-state index contributed by atoms with van der Waals surface area (Å²) in [5.74, 6) is -0.0587. The van der Waals surface area contributed by atoms with Gasteiger partial charge in [0.25, 0.3) is 0 Å². The zero-order valence-electron chi connectivity index (χ0n) is 12.9. The number of carbonyl (C=O) groups excluding carboxylic acids is 1. The maximum absolute atomic E-state index is 12.7. The van der Waals surface area contributed by atoms with Crippen LogP contribution in [0.2, 0.25) is 0 Å². The van der Waals surface area contributed by atoms with Gasteiger partial charge in [-0.25, -0.2) is 9.50 Å². The fourth-order valence-electron chi connectivity index (χ4n) is 2.69. The molecule has 0 aliphatic heterocycles. The Morgan fingerprint density at radius 2 is 2.08 bits per heavy atom. The third kappa shape index (κ3) is 2.37. The lowest BCUT2D eigenvalue weighted by Crippen LogP contribution is -2.02. The third-order valence-electron chi connectivity index (χ3n) is 3.77. The summed E-state index contributed by atoms with van der Waals surface area (Å²) >= 11 is 1.41. The molecule has 0 fully saturated rings. The number of aromatic nitrogens is 3. The molecule has 3 heterocycles. The fourth-order valence-corrected chi connectivity index (χ4v) is 3.37. The number of ketones is 1. The van der Waals surface area contributed by atoms with Crippen LogP contribution in [-0.4, -0.2) is 20.4 Å². The van der Waals surface area contributed by atoms with Crippen molar-refractivity contribution >= 4 is 28.5 Å². The summed E-state index contributed by atoms with van der Waals surface area (Å²) in [7, 11) is 0. The van der Waals surface area contributed by atoms with Crippen molar-refractivity contribution in [2.45, 2.75) is 6.92 Å². The number of hydrogen-bond acceptors (Lipinski definition) is 5. The Kier molecular flexibility index (Phi) is 3.39. The topological polar surface area (TPSA) is 73.3 Å². The van der Waals surface area contributed by atoms with Crippen molar-refractivity contribution in [1.82, 2.24) is 14.6 Å². The van der Waals surface area contributed by atoms with Crippen molar-refractivity contribution in [2.75, 3.05) is 5.73 Å². The van der Waals surface area contributed by atoms with Crippen LogP contribution < -0.4 is 5.73 Å². The molecule has 1 aromatic carbocycles. The van der Waals surface area contributed by atoms with E-state index in [2.05, 4.69) is 10.1 Å². The van der Waals surface area contributed by atoms with Gasteiger partial charge in [-0.05, 0) is 36.6 Å². The lowest BCUT2D eigenvalue weighted by molar-refractivity contribution is 0.104. The number of aryl methyl sites for hydroxylation is 1. The van der Waals surface area contributed by atoms with E-state index in [1.807, 2.05) is 54.8 Å². The molecule has 6 heteroatoms. The van der Waals surface area contributed by atoms with E-state index in [1.54, 1.807) is 10.7 Å². The first-order valence-corrected chi connectivity index (χ1v) is 8.31. The highest BCUT2D eigenvalue weighted by atomic mass is 32.1. The third-order valence-corrected chi connectivity index (χ3v) is 4.64. The molecule has 0 aliphatic carbocycles. The summed E-state index contributed by atoms with van der Waals surface area (Å²) in [4.78, 5) is 17.9. The molecule has 0 unspecified atom stereocenters. The van der Waals surface area contributed by atoms with Gasteiger partial charge in [-0.3, -0.25) is 4.79 Å². The molecule has 4 rings (SSSR count). The molecule has 0 spiro atoms. The quantitative estimate of drug-likeness (QED) is 0.459. The smallest absolute Gasteiger partial charge is 0.208 e. The molecule has 5 nitrogen and oxygen atoms in total. The zero-order valence-corrected chi connectivity index (χ0v) is 13.7. The van der Waals surface area contributed by atoms with E-state index >= 15 is 0 Å². The van der Waals surface area contributed by atoms with Gasteiger partial charge in [0.05, 0.1) is 22.3 Å². The summed E-state index contributed by atoms with van der Waals surface area (Å²) in [5, 5.41) is 6.28. The van der Waals surface area contributed by atoms with Gasteiger partial charge >= 0.3 is 0 Å². The van der Waals surface area contributed by atoms with Crippen LogP contribution >= 0.6 is 11.3 Å². The van der Waals surface area contributed by atoms with Gasteiger partial charge in [0.1, 0.15) is 0 Å². The number of benzene rings is 1. The molecule has 4 aromatic rings. The standard InChI is InChI=1S/C18H14N4OS/c1-11-8-15(12-4-2-5-13(19)9-12)22-18(21-11)14(10-20-22)17(23)16-6-3-7-24-16/h2-10H,19H2,1H3. The Balaban J connectivity index is 1.94. The second-order valence-corrected chi connectivity index (χ2v) is 6.46. The minimum absolute atomic E-state index is 0.0587. The van der Waals surface area contributed by atoms with Crippen LogP contribution in [0.1, 0.15) is 20.9 Å². The van der Waals surface area contributed by atoms with Crippen LogP contribution in [0.4, 0.5) is 5.69 Å². The predicted octanol–water partition coefficient (Wildman–Crippen LogP) is 3.58. The molecular formula is C18H14N4OS. The van der Waals surface area contributed by atoms with Crippen LogP contribution in [0.15, 0.2) is 54.0 Å². The Morgan fingerprint density at radius 3 is 2.83 bits per heavy atom. The van der Waals surface area contributed by atoms with Gasteiger partial charge in [0.2, 0.25) is 5.78 Å². The van der Waals surface area contributed by atoms with E-state index in [0.717, 1.165) is 17.0 Å². The molecular weight excluding hydrogens is 320 g/mol. The van der Waals surface area contributed by atoms with Gasteiger partial charge in [0, 0.05) is 16.9 Å². The van der Waals surface area contributed by atoms with Crippen LogP contribution in [0, 0.1) is 6.92 Å². The minimum atomic E-state index is -0.0587. The van der Waals surface area contributed by atoms with Crippen LogP contribution in [0.25, 0.3) is 16.9 Å². The molecule has 0 amide bonds. The highest BCUT2D eigenvalue weighted by Crippen LogP contribution is 2.25. The van der Waals surface area contributed by atoms with Crippen molar-refractivity contribution in [2.24, 2.45) is 0 Å². The molecule has 0 saturated carbocycles. The molecule has 0 aliphatic rings. The van der Waals surface area contributed by atoms with Crippen molar-refractivity contribution in [3.63, 3.8) is 0 Å². The average molecular weight is 334 g/mol. The van der Waals surface area contributed by atoms with Crippen LogP contribution in [-0.2, 0) is 0 Å². The molecule has 0 atom stereocenters. The summed E-state index contributed by atoms with van der Waals surface area (Å²) < 4.78 is 1.70. The van der Waals surface area contributed by atoms with Crippen molar-refractivity contribution in [1.29, 1.82) is 0 Å². The maximum atomic E-state index is 12.7. The number of thiophene rings is 1. The summed E-state index contributed by atoms with van der Waals surface area (Å²) in [5.41, 5.74) is 10.3. The minimum Gasteiger partial charge on any atom is -0.399 e. The van der Waals surface area contributed by atoms with Gasteiger partial charge in [-0.2, -0.15) is 5.10 Å². The summed E-state index contributed by atoms with van der Waals surface area (Å²) in [6.45, 7) is 1.90. The van der Waals surface area contributed by atoms with Crippen molar-refractivity contribution in [3.8, 4) is 11.3 Å². The number of fused-ring (bicyclic) bond motifs is 1. The van der Waals surface area contributed by atoms with Crippen molar-refractivity contribution < 1.29 is 4.79 Å². The summed E-state index contributed by atoms with van der Waals surface area (Å²) in [6, 6.07) is 13.2. The van der Waals surface area contributed by atoms with E-state index in [-0.39, 0.29) is 5.78 Å². The first kappa shape index (κ1) is 14.6. The molecule has 3 aromatic heterocycles. The monoisotopic (exact) mass is 334 g/mol. The van der Waals surface area contributed by atoms with Gasteiger partial charge in [-0.15, -0.1) is 11.3 Å².